The topological polar surface area (TPSA) is 42.8 Å². The van der Waals surface area contributed by atoms with E-state index in [0.29, 0.717) is 28.1 Å². The van der Waals surface area contributed by atoms with Crippen molar-refractivity contribution >= 4 is 28.9 Å². The van der Waals surface area contributed by atoms with Gasteiger partial charge in [-0.25, -0.2) is 0 Å². The number of nitrogens with one attached hydrogen (secondary N) is 1. The van der Waals surface area contributed by atoms with Gasteiger partial charge in [0.05, 0.1) is 36.5 Å². The van der Waals surface area contributed by atoms with Crippen LogP contribution in [0.15, 0.2) is 41.5 Å². The molecule has 0 bridgehead atoms. The Balaban J connectivity index is 2.04. The van der Waals surface area contributed by atoms with E-state index in [1.807, 2.05) is 31.2 Å². The normalized spacial score (nSPS) is 11.3. The molecule has 0 saturated carbocycles. The molecule has 1 N–H and O–H groups in total. The van der Waals surface area contributed by atoms with Crippen molar-refractivity contribution in [1.29, 1.82) is 0 Å². The van der Waals surface area contributed by atoms with Gasteiger partial charge in [0.1, 0.15) is 0 Å². The lowest BCUT2D eigenvalue weighted by atomic mass is 10.1. The average molecular weight is 353 g/mol. The summed E-state index contributed by atoms with van der Waals surface area (Å²) < 4.78 is 10.5. The molecule has 2 aromatic rings. The Labute approximate surface area is 146 Å². The Morgan fingerprint density at radius 3 is 2.39 bits per heavy atom. The van der Waals surface area contributed by atoms with Crippen LogP contribution in [0.25, 0.3) is 0 Å². The summed E-state index contributed by atoms with van der Waals surface area (Å²) >= 11 is 11.9. The molecule has 2 rings (SSSR count). The molecule has 6 heteroatoms. The van der Waals surface area contributed by atoms with E-state index >= 15 is 0 Å². The Hall–Kier alpha value is -1.91. The second-order valence-corrected chi connectivity index (χ2v) is 5.66. The van der Waals surface area contributed by atoms with Crippen LogP contribution in [-0.2, 0) is 6.54 Å². The first-order chi connectivity index (χ1) is 11.0. The molecule has 0 aromatic heterocycles. The predicted octanol–water partition coefficient (Wildman–Crippen LogP) is 4.52. The third-order valence-electron chi connectivity index (χ3n) is 3.32. The highest BCUT2D eigenvalue weighted by molar-refractivity contribution is 6.42. The Morgan fingerprint density at radius 1 is 1.00 bits per heavy atom. The van der Waals surface area contributed by atoms with Gasteiger partial charge in [0.15, 0.2) is 11.5 Å². The quantitative estimate of drug-likeness (QED) is 0.613. The standard InChI is InChI=1S/C17H18Cl2N2O2/c1-11(13-5-6-14(18)15(19)9-13)21-20-10-12-4-7-16(22-2)17(8-12)23-3/h4-9,20H,10H2,1-3H3/b21-11-. The van der Waals surface area contributed by atoms with Crippen molar-refractivity contribution in [3.63, 3.8) is 0 Å². The van der Waals surface area contributed by atoms with Crippen LogP contribution in [0, 0.1) is 0 Å². The molecule has 0 unspecified atom stereocenters. The lowest BCUT2D eigenvalue weighted by Gasteiger charge is -2.10. The zero-order valence-electron chi connectivity index (χ0n) is 13.2. The van der Waals surface area contributed by atoms with Gasteiger partial charge >= 0.3 is 0 Å². The zero-order valence-corrected chi connectivity index (χ0v) is 14.7. The Kier molecular flexibility index (Phi) is 6.13. The maximum Gasteiger partial charge on any atom is 0.161 e. The lowest BCUT2D eigenvalue weighted by molar-refractivity contribution is 0.354. The fourth-order valence-electron chi connectivity index (χ4n) is 2.03. The van der Waals surface area contributed by atoms with E-state index in [1.165, 1.54) is 0 Å². The number of hydrogen-bond donors (Lipinski definition) is 1. The van der Waals surface area contributed by atoms with E-state index < -0.39 is 0 Å². The van der Waals surface area contributed by atoms with E-state index in [4.69, 9.17) is 32.7 Å². The summed E-state index contributed by atoms with van der Waals surface area (Å²) in [6.07, 6.45) is 0. The predicted molar refractivity (Wildman–Crippen MR) is 95.1 cm³/mol. The lowest BCUT2D eigenvalue weighted by Crippen LogP contribution is -2.09. The van der Waals surface area contributed by atoms with Gasteiger partial charge in [-0.1, -0.05) is 35.3 Å². The molecule has 0 spiro atoms. The maximum atomic E-state index is 6.02. The molecule has 0 atom stereocenters. The van der Waals surface area contributed by atoms with Crippen molar-refractivity contribution in [3.05, 3.63) is 57.6 Å². The number of rotatable bonds is 6. The van der Waals surface area contributed by atoms with Crippen molar-refractivity contribution in [2.45, 2.75) is 13.5 Å². The summed E-state index contributed by atoms with van der Waals surface area (Å²) in [7, 11) is 3.22. The number of halogens is 2. The molecule has 0 amide bonds. The number of hydrazone groups is 1. The van der Waals surface area contributed by atoms with Crippen molar-refractivity contribution in [1.82, 2.24) is 5.43 Å². The highest BCUT2D eigenvalue weighted by Crippen LogP contribution is 2.27. The van der Waals surface area contributed by atoms with E-state index in [1.54, 1.807) is 26.4 Å². The molecular weight excluding hydrogens is 335 g/mol. The van der Waals surface area contributed by atoms with Gasteiger partial charge in [0, 0.05) is 0 Å². The SMILES string of the molecule is COc1ccc(CN/N=C(/C)c2ccc(Cl)c(Cl)c2)cc1OC. The molecule has 0 aliphatic carbocycles. The molecule has 0 heterocycles. The van der Waals surface area contributed by atoms with Gasteiger partial charge in [-0.3, -0.25) is 0 Å². The zero-order chi connectivity index (χ0) is 16.8. The molecule has 0 saturated heterocycles. The highest BCUT2D eigenvalue weighted by atomic mass is 35.5. The first-order valence-electron chi connectivity index (χ1n) is 6.98. The summed E-state index contributed by atoms with van der Waals surface area (Å²) in [4.78, 5) is 0. The number of ether oxygens (including phenoxy) is 2. The molecule has 4 nitrogen and oxygen atoms in total. The summed E-state index contributed by atoms with van der Waals surface area (Å²) in [5, 5.41) is 5.39. The summed E-state index contributed by atoms with van der Waals surface area (Å²) in [5.41, 5.74) is 5.81. The van der Waals surface area contributed by atoms with Gasteiger partial charge < -0.3 is 14.9 Å². The van der Waals surface area contributed by atoms with Crippen LogP contribution >= 0.6 is 23.2 Å². The van der Waals surface area contributed by atoms with Crippen LogP contribution in [0.5, 0.6) is 11.5 Å². The van der Waals surface area contributed by atoms with E-state index in [-0.39, 0.29) is 0 Å². The number of hydrogen-bond acceptors (Lipinski definition) is 4. The van der Waals surface area contributed by atoms with E-state index in [0.717, 1.165) is 16.8 Å². The van der Waals surface area contributed by atoms with Crippen LogP contribution in [0.4, 0.5) is 0 Å². The molecule has 2 aromatic carbocycles. The number of nitrogens with zero attached hydrogens (tertiary/aromatic N) is 1. The first-order valence-corrected chi connectivity index (χ1v) is 7.74. The second-order valence-electron chi connectivity index (χ2n) is 4.85. The van der Waals surface area contributed by atoms with Crippen molar-refractivity contribution in [2.75, 3.05) is 14.2 Å². The van der Waals surface area contributed by atoms with Crippen LogP contribution in [0.1, 0.15) is 18.1 Å². The van der Waals surface area contributed by atoms with Crippen LogP contribution < -0.4 is 14.9 Å². The van der Waals surface area contributed by atoms with Gasteiger partial charge in [-0.15, -0.1) is 0 Å². The largest absolute Gasteiger partial charge is 0.493 e. The van der Waals surface area contributed by atoms with Gasteiger partial charge in [-0.2, -0.15) is 5.10 Å². The molecule has 0 aliphatic rings. The number of benzene rings is 2. The van der Waals surface area contributed by atoms with Crippen LogP contribution in [-0.4, -0.2) is 19.9 Å². The van der Waals surface area contributed by atoms with Gasteiger partial charge in [-0.05, 0) is 42.3 Å². The van der Waals surface area contributed by atoms with Gasteiger partial charge in [0.25, 0.3) is 0 Å². The van der Waals surface area contributed by atoms with E-state index in [9.17, 15) is 0 Å². The smallest absolute Gasteiger partial charge is 0.161 e. The maximum absolute atomic E-state index is 6.02. The monoisotopic (exact) mass is 352 g/mol. The summed E-state index contributed by atoms with van der Waals surface area (Å²) in [6, 6.07) is 11.2. The summed E-state index contributed by atoms with van der Waals surface area (Å²) in [5.74, 6) is 1.39. The first kappa shape index (κ1) is 17.4. The fourth-order valence-corrected chi connectivity index (χ4v) is 2.32. The average Bonchev–Trinajstić information content (AvgIpc) is 2.57. The molecule has 23 heavy (non-hydrogen) atoms. The molecule has 122 valence electrons. The number of methoxy groups -OCH3 is 2. The van der Waals surface area contributed by atoms with Crippen LogP contribution in [0.3, 0.4) is 0 Å². The second kappa shape index (κ2) is 8.09. The third kappa shape index (κ3) is 4.53. The van der Waals surface area contributed by atoms with Crippen molar-refractivity contribution in [2.24, 2.45) is 5.10 Å². The fraction of sp³-hybridized carbons (Fsp3) is 0.235. The Morgan fingerprint density at radius 2 is 1.74 bits per heavy atom. The molecule has 0 aliphatic heterocycles. The molecular formula is C17H18Cl2N2O2. The molecule has 0 radical (unpaired) electrons. The minimum atomic E-state index is 0.513. The summed E-state index contributed by atoms with van der Waals surface area (Å²) in [6.45, 7) is 2.47. The minimum Gasteiger partial charge on any atom is -0.493 e. The van der Waals surface area contributed by atoms with E-state index in [2.05, 4.69) is 10.5 Å². The van der Waals surface area contributed by atoms with Crippen LogP contribution in [0.2, 0.25) is 10.0 Å². The minimum absolute atomic E-state index is 0.513. The van der Waals surface area contributed by atoms with Gasteiger partial charge in [0.2, 0.25) is 0 Å². The van der Waals surface area contributed by atoms with Crippen molar-refractivity contribution < 1.29 is 9.47 Å². The highest BCUT2D eigenvalue weighted by Gasteiger charge is 2.05. The molecule has 0 fully saturated rings. The Bertz CT molecular complexity index is 718. The van der Waals surface area contributed by atoms with Crippen molar-refractivity contribution in [3.8, 4) is 11.5 Å². The third-order valence-corrected chi connectivity index (χ3v) is 4.05.